The molecular formula is C23H21FN2O3S. The number of hydrogen-bond donors (Lipinski definition) is 1. The van der Waals surface area contributed by atoms with Gasteiger partial charge < -0.3 is 14.6 Å². The second-order valence-electron chi connectivity index (χ2n) is 7.12. The largest absolute Gasteiger partial charge is 0.472 e. The number of hydrogen-bond acceptors (Lipinski definition) is 4. The summed E-state index contributed by atoms with van der Waals surface area (Å²) in [5, 5.41) is 2.66. The number of carbonyl (C=O) groups excluding carboxylic acids is 2. The van der Waals surface area contributed by atoms with Crippen LogP contribution in [0.15, 0.2) is 77.6 Å². The molecule has 0 saturated carbocycles. The lowest BCUT2D eigenvalue weighted by Crippen LogP contribution is -2.48. The number of nitrogens with one attached hydrogen (secondary N) is 1. The maximum Gasteiger partial charge on any atom is 0.255 e. The third-order valence-corrected chi connectivity index (χ3v) is 6.44. The van der Waals surface area contributed by atoms with Crippen LogP contribution in [0.4, 0.5) is 4.39 Å². The van der Waals surface area contributed by atoms with Gasteiger partial charge in [-0.3, -0.25) is 9.59 Å². The first-order valence-corrected chi connectivity index (χ1v) is 10.7. The molecule has 3 unspecified atom stereocenters. The van der Waals surface area contributed by atoms with Gasteiger partial charge in [0.15, 0.2) is 0 Å². The molecule has 2 heterocycles. The normalized spacial score (nSPS) is 19.5. The van der Waals surface area contributed by atoms with Gasteiger partial charge in [-0.15, -0.1) is 11.8 Å². The molecule has 1 aliphatic rings. The molecule has 1 aliphatic heterocycles. The quantitative estimate of drug-likeness (QED) is 0.653. The zero-order valence-electron chi connectivity index (χ0n) is 16.3. The Kier molecular flexibility index (Phi) is 5.90. The first kappa shape index (κ1) is 20.2. The molecule has 0 spiro atoms. The molecule has 1 aromatic heterocycles. The van der Waals surface area contributed by atoms with Crippen molar-refractivity contribution in [1.29, 1.82) is 0 Å². The number of amides is 2. The van der Waals surface area contributed by atoms with Crippen molar-refractivity contribution < 1.29 is 18.4 Å². The first-order valence-electron chi connectivity index (χ1n) is 9.62. The van der Waals surface area contributed by atoms with Gasteiger partial charge in [-0.2, -0.15) is 0 Å². The third-order valence-electron chi connectivity index (χ3n) is 5.12. The molecule has 3 atom stereocenters. The number of benzene rings is 2. The minimum atomic E-state index is -0.654. The van der Waals surface area contributed by atoms with Gasteiger partial charge in [-0.05, 0) is 42.8 Å². The average Bonchev–Trinajstić information content (AvgIpc) is 3.44. The molecule has 2 amide bonds. The second kappa shape index (κ2) is 8.75. The van der Waals surface area contributed by atoms with Crippen LogP contribution < -0.4 is 5.32 Å². The Morgan fingerprint density at radius 1 is 1.13 bits per heavy atom. The Bertz CT molecular complexity index is 1010. The number of nitrogens with zero attached hydrogens (tertiary/aromatic N) is 1. The van der Waals surface area contributed by atoms with Crippen molar-refractivity contribution in [2.75, 3.05) is 5.75 Å². The molecule has 0 radical (unpaired) electrons. The zero-order valence-corrected chi connectivity index (χ0v) is 17.1. The minimum absolute atomic E-state index is 0.195. The summed E-state index contributed by atoms with van der Waals surface area (Å²) < 4.78 is 18.5. The second-order valence-corrected chi connectivity index (χ2v) is 8.23. The molecule has 154 valence electrons. The van der Waals surface area contributed by atoms with Gasteiger partial charge in [-0.1, -0.05) is 30.3 Å². The SMILES string of the molecule is CC(NC(=O)C1CSC(c2ccoc2)N1C(=O)c1ccc(F)cc1)c1ccccc1. The summed E-state index contributed by atoms with van der Waals surface area (Å²) in [5.41, 5.74) is 2.13. The van der Waals surface area contributed by atoms with Crippen molar-refractivity contribution >= 4 is 23.6 Å². The van der Waals surface area contributed by atoms with Gasteiger partial charge in [0.25, 0.3) is 5.91 Å². The fourth-order valence-electron chi connectivity index (χ4n) is 3.50. The Balaban J connectivity index is 1.59. The summed E-state index contributed by atoms with van der Waals surface area (Å²) in [7, 11) is 0. The van der Waals surface area contributed by atoms with E-state index in [1.54, 1.807) is 23.5 Å². The number of rotatable bonds is 5. The minimum Gasteiger partial charge on any atom is -0.472 e. The van der Waals surface area contributed by atoms with Crippen LogP contribution >= 0.6 is 11.8 Å². The Hall–Kier alpha value is -3.06. The van der Waals surface area contributed by atoms with Gasteiger partial charge in [0.2, 0.25) is 5.91 Å². The van der Waals surface area contributed by atoms with E-state index in [1.807, 2.05) is 37.3 Å². The van der Waals surface area contributed by atoms with Crippen molar-refractivity contribution in [2.24, 2.45) is 0 Å². The van der Waals surface area contributed by atoms with E-state index in [0.29, 0.717) is 11.3 Å². The molecule has 3 aromatic rings. The summed E-state index contributed by atoms with van der Waals surface area (Å²) in [5.74, 6) is -0.505. The van der Waals surface area contributed by atoms with Crippen LogP contribution in [0, 0.1) is 5.82 Å². The van der Waals surface area contributed by atoms with E-state index in [9.17, 15) is 14.0 Å². The Morgan fingerprint density at radius 2 is 1.87 bits per heavy atom. The highest BCUT2D eigenvalue weighted by atomic mass is 32.2. The molecule has 0 aliphatic carbocycles. The molecule has 2 aromatic carbocycles. The summed E-state index contributed by atoms with van der Waals surface area (Å²) in [4.78, 5) is 28.0. The van der Waals surface area contributed by atoms with Crippen molar-refractivity contribution in [3.8, 4) is 0 Å². The van der Waals surface area contributed by atoms with Crippen LogP contribution in [0.25, 0.3) is 0 Å². The number of thioether (sulfide) groups is 1. The van der Waals surface area contributed by atoms with E-state index in [4.69, 9.17) is 4.42 Å². The van der Waals surface area contributed by atoms with Crippen molar-refractivity contribution in [3.63, 3.8) is 0 Å². The average molecular weight is 424 g/mol. The van der Waals surface area contributed by atoms with Crippen LogP contribution in [0.2, 0.25) is 0 Å². The summed E-state index contributed by atoms with van der Waals surface area (Å²) in [6, 6.07) is 16.0. The maximum atomic E-state index is 13.3. The fraction of sp³-hybridized carbons (Fsp3) is 0.217. The number of halogens is 1. The van der Waals surface area contributed by atoms with E-state index in [-0.39, 0.29) is 23.2 Å². The van der Waals surface area contributed by atoms with E-state index in [0.717, 1.165) is 11.1 Å². The van der Waals surface area contributed by atoms with Crippen LogP contribution in [0.3, 0.4) is 0 Å². The van der Waals surface area contributed by atoms with E-state index in [1.165, 1.54) is 36.0 Å². The third kappa shape index (κ3) is 4.11. The van der Waals surface area contributed by atoms with Gasteiger partial charge in [-0.25, -0.2) is 4.39 Å². The topological polar surface area (TPSA) is 62.6 Å². The highest BCUT2D eigenvalue weighted by Gasteiger charge is 2.43. The highest BCUT2D eigenvalue weighted by molar-refractivity contribution is 7.99. The molecular weight excluding hydrogens is 403 g/mol. The van der Waals surface area contributed by atoms with Gasteiger partial charge in [0.1, 0.15) is 17.2 Å². The molecule has 5 nitrogen and oxygen atoms in total. The van der Waals surface area contributed by atoms with E-state index in [2.05, 4.69) is 5.32 Å². The molecule has 4 rings (SSSR count). The van der Waals surface area contributed by atoms with Crippen molar-refractivity contribution in [3.05, 3.63) is 95.7 Å². The standard InChI is InChI=1S/C23H21FN2O3S/c1-15(16-5-3-2-4-6-16)25-21(27)20-14-30-23(18-11-12-29-13-18)26(20)22(28)17-7-9-19(24)10-8-17/h2-13,15,20,23H,14H2,1H3,(H,25,27). The fourth-order valence-corrected chi connectivity index (χ4v) is 4.91. The molecule has 1 N–H and O–H groups in total. The van der Waals surface area contributed by atoms with Gasteiger partial charge >= 0.3 is 0 Å². The predicted octanol–water partition coefficient (Wildman–Crippen LogP) is 4.55. The summed E-state index contributed by atoms with van der Waals surface area (Å²) >= 11 is 1.50. The number of furan rings is 1. The highest BCUT2D eigenvalue weighted by Crippen LogP contribution is 2.42. The summed E-state index contributed by atoms with van der Waals surface area (Å²) in [6.45, 7) is 1.91. The van der Waals surface area contributed by atoms with Crippen LogP contribution in [-0.2, 0) is 4.79 Å². The van der Waals surface area contributed by atoms with E-state index >= 15 is 0 Å². The Labute approximate surface area is 178 Å². The first-order chi connectivity index (χ1) is 14.5. The number of carbonyl (C=O) groups is 2. The monoisotopic (exact) mass is 424 g/mol. The smallest absolute Gasteiger partial charge is 0.255 e. The van der Waals surface area contributed by atoms with Gasteiger partial charge in [0, 0.05) is 16.9 Å². The summed E-state index contributed by atoms with van der Waals surface area (Å²) in [6.07, 6.45) is 3.12. The Morgan fingerprint density at radius 3 is 2.53 bits per heavy atom. The van der Waals surface area contributed by atoms with Crippen molar-refractivity contribution in [1.82, 2.24) is 10.2 Å². The molecule has 0 bridgehead atoms. The van der Waals surface area contributed by atoms with Crippen molar-refractivity contribution in [2.45, 2.75) is 24.4 Å². The molecule has 30 heavy (non-hydrogen) atoms. The molecule has 1 fully saturated rings. The maximum absolute atomic E-state index is 13.3. The van der Waals surface area contributed by atoms with Gasteiger partial charge in [0.05, 0.1) is 18.6 Å². The van der Waals surface area contributed by atoms with Crippen LogP contribution in [0.1, 0.15) is 39.8 Å². The van der Waals surface area contributed by atoms with E-state index < -0.39 is 11.9 Å². The molecule has 1 saturated heterocycles. The lowest BCUT2D eigenvalue weighted by atomic mass is 10.1. The van der Waals surface area contributed by atoms with Crippen LogP contribution in [-0.4, -0.2) is 28.5 Å². The predicted molar refractivity (Wildman–Crippen MR) is 113 cm³/mol. The lowest BCUT2D eigenvalue weighted by molar-refractivity contribution is -0.125. The van der Waals surface area contributed by atoms with Crippen LogP contribution in [0.5, 0.6) is 0 Å². The molecule has 7 heteroatoms. The zero-order chi connectivity index (χ0) is 21.1. The lowest BCUT2D eigenvalue weighted by Gasteiger charge is -2.29.